The normalized spacial score (nSPS) is 11.1. The molecule has 0 aliphatic heterocycles. The minimum atomic E-state index is -3.82. The zero-order valence-electron chi connectivity index (χ0n) is 11.5. The van der Waals surface area contributed by atoms with E-state index in [-0.39, 0.29) is 16.6 Å². The first-order valence-electron chi connectivity index (χ1n) is 5.97. The Morgan fingerprint density at radius 1 is 1.29 bits per heavy atom. The lowest BCUT2D eigenvalue weighted by Crippen LogP contribution is -2.18. The molecule has 112 valence electrons. The molecule has 1 heterocycles. The van der Waals surface area contributed by atoms with E-state index < -0.39 is 10.0 Å². The third-order valence-corrected chi connectivity index (χ3v) is 4.14. The van der Waals surface area contributed by atoms with Gasteiger partial charge in [0.05, 0.1) is 0 Å². The molecule has 8 nitrogen and oxygen atoms in total. The molecule has 0 atom stereocenters. The summed E-state index contributed by atoms with van der Waals surface area (Å²) in [5.74, 6) is -0.326. The molecule has 21 heavy (non-hydrogen) atoms. The van der Waals surface area contributed by atoms with E-state index in [0.717, 1.165) is 0 Å². The van der Waals surface area contributed by atoms with Crippen molar-refractivity contribution in [3.63, 3.8) is 0 Å². The summed E-state index contributed by atoms with van der Waals surface area (Å²) in [7, 11) is -0.726. The molecule has 2 rings (SSSR count). The molecule has 0 aliphatic rings. The average molecular weight is 309 g/mol. The van der Waals surface area contributed by atoms with Crippen LogP contribution in [0.1, 0.15) is 10.4 Å². The molecule has 0 saturated heterocycles. The highest BCUT2D eigenvalue weighted by atomic mass is 32.2. The second-order valence-electron chi connectivity index (χ2n) is 4.31. The number of hydrogen-bond acceptors (Lipinski definition) is 5. The van der Waals surface area contributed by atoms with Crippen LogP contribution in [0.4, 0.5) is 11.5 Å². The smallest absolute Gasteiger partial charge is 0.267 e. The number of aromatic nitrogens is 2. The van der Waals surface area contributed by atoms with Gasteiger partial charge in [-0.25, -0.2) is 8.42 Å². The van der Waals surface area contributed by atoms with E-state index in [4.69, 9.17) is 5.73 Å². The van der Waals surface area contributed by atoms with E-state index >= 15 is 0 Å². The molecule has 0 unspecified atom stereocenters. The average Bonchev–Trinajstić information content (AvgIpc) is 2.78. The van der Waals surface area contributed by atoms with Gasteiger partial charge in [0, 0.05) is 31.5 Å². The first kappa shape index (κ1) is 14.9. The topological polar surface area (TPSA) is 119 Å². The van der Waals surface area contributed by atoms with Gasteiger partial charge in [0.1, 0.15) is 4.90 Å². The summed E-state index contributed by atoms with van der Waals surface area (Å²) in [6.07, 6.45) is 1.32. The number of nitrogens with two attached hydrogens (primary N) is 1. The van der Waals surface area contributed by atoms with Gasteiger partial charge in [-0.05, 0) is 24.3 Å². The zero-order valence-corrected chi connectivity index (χ0v) is 12.3. The van der Waals surface area contributed by atoms with E-state index in [1.165, 1.54) is 42.2 Å². The Labute approximate surface area is 122 Å². The standard InChI is InChI=1S/C12H15N5O3S/c1-14-12(18)8-3-5-9(6-4-8)16-21(19,20)10-7-17(2)15-11(10)13/h3-7,16H,1-2H3,(H2,13,15)(H,14,18). The second-order valence-corrected chi connectivity index (χ2v) is 5.97. The number of amides is 1. The van der Waals surface area contributed by atoms with Gasteiger partial charge in [0.25, 0.3) is 15.9 Å². The van der Waals surface area contributed by atoms with Gasteiger partial charge in [-0.3, -0.25) is 14.2 Å². The van der Waals surface area contributed by atoms with Crippen molar-refractivity contribution in [3.05, 3.63) is 36.0 Å². The van der Waals surface area contributed by atoms with E-state index in [9.17, 15) is 13.2 Å². The number of sulfonamides is 1. The number of nitrogen functional groups attached to an aromatic ring is 1. The Hall–Kier alpha value is -2.55. The molecule has 0 saturated carbocycles. The van der Waals surface area contributed by atoms with Crippen LogP contribution in [0.3, 0.4) is 0 Å². The van der Waals surface area contributed by atoms with Crippen molar-refractivity contribution in [2.75, 3.05) is 17.5 Å². The maximum Gasteiger partial charge on any atom is 0.267 e. The number of anilines is 2. The van der Waals surface area contributed by atoms with E-state index in [1.54, 1.807) is 7.05 Å². The van der Waals surface area contributed by atoms with Gasteiger partial charge >= 0.3 is 0 Å². The Bertz CT molecular complexity index is 765. The summed E-state index contributed by atoms with van der Waals surface area (Å²) in [6, 6.07) is 6.02. The van der Waals surface area contributed by atoms with Gasteiger partial charge in [-0.15, -0.1) is 0 Å². The largest absolute Gasteiger partial charge is 0.381 e. The van der Waals surface area contributed by atoms with E-state index in [2.05, 4.69) is 15.1 Å². The van der Waals surface area contributed by atoms with E-state index in [0.29, 0.717) is 11.3 Å². The first-order valence-corrected chi connectivity index (χ1v) is 7.46. The Balaban J connectivity index is 2.25. The molecular formula is C12H15N5O3S. The van der Waals surface area contributed by atoms with Crippen molar-refractivity contribution in [1.82, 2.24) is 15.1 Å². The Morgan fingerprint density at radius 3 is 2.38 bits per heavy atom. The summed E-state index contributed by atoms with van der Waals surface area (Å²) in [6.45, 7) is 0. The fraction of sp³-hybridized carbons (Fsp3) is 0.167. The molecule has 0 aliphatic carbocycles. The third kappa shape index (κ3) is 3.14. The summed E-state index contributed by atoms with van der Waals surface area (Å²) >= 11 is 0. The summed E-state index contributed by atoms with van der Waals surface area (Å²) in [4.78, 5) is 11.3. The summed E-state index contributed by atoms with van der Waals surface area (Å²) < 4.78 is 28.1. The lowest BCUT2D eigenvalue weighted by Gasteiger charge is -2.07. The fourth-order valence-corrected chi connectivity index (χ4v) is 2.90. The molecule has 0 radical (unpaired) electrons. The van der Waals surface area contributed by atoms with Crippen molar-refractivity contribution in [3.8, 4) is 0 Å². The molecule has 1 aromatic carbocycles. The van der Waals surface area contributed by atoms with Crippen LogP contribution in [0.25, 0.3) is 0 Å². The Kier molecular flexibility index (Phi) is 3.85. The number of carbonyl (C=O) groups is 1. The van der Waals surface area contributed by atoms with Crippen LogP contribution in [0.2, 0.25) is 0 Å². The van der Waals surface area contributed by atoms with Crippen LogP contribution in [-0.4, -0.2) is 31.2 Å². The van der Waals surface area contributed by atoms with Crippen molar-refractivity contribution in [1.29, 1.82) is 0 Å². The number of carbonyl (C=O) groups excluding carboxylic acids is 1. The zero-order chi connectivity index (χ0) is 15.6. The number of hydrogen-bond donors (Lipinski definition) is 3. The van der Waals surface area contributed by atoms with Gasteiger partial charge < -0.3 is 11.1 Å². The SMILES string of the molecule is CNC(=O)c1ccc(NS(=O)(=O)c2cn(C)nc2N)cc1. The minimum Gasteiger partial charge on any atom is -0.381 e. The van der Waals surface area contributed by atoms with E-state index in [1.807, 2.05) is 0 Å². The molecule has 0 spiro atoms. The first-order chi connectivity index (χ1) is 9.83. The quantitative estimate of drug-likeness (QED) is 0.743. The highest BCUT2D eigenvalue weighted by Crippen LogP contribution is 2.20. The highest BCUT2D eigenvalue weighted by molar-refractivity contribution is 7.92. The molecule has 4 N–H and O–H groups in total. The predicted molar refractivity (Wildman–Crippen MR) is 78.3 cm³/mol. The number of nitrogens with zero attached hydrogens (tertiary/aromatic N) is 2. The lowest BCUT2D eigenvalue weighted by atomic mass is 10.2. The van der Waals surface area contributed by atoms with Crippen LogP contribution in [0.15, 0.2) is 35.4 Å². The van der Waals surface area contributed by atoms with Crippen molar-refractivity contribution >= 4 is 27.4 Å². The van der Waals surface area contributed by atoms with Crippen LogP contribution in [0, 0.1) is 0 Å². The predicted octanol–water partition coefficient (Wildman–Crippen LogP) is 0.163. The monoisotopic (exact) mass is 309 g/mol. The fourth-order valence-electron chi connectivity index (χ4n) is 1.74. The van der Waals surface area contributed by atoms with Crippen molar-refractivity contribution < 1.29 is 13.2 Å². The molecule has 1 amide bonds. The van der Waals surface area contributed by atoms with Gasteiger partial charge in [-0.2, -0.15) is 5.10 Å². The molecule has 2 aromatic rings. The maximum atomic E-state index is 12.2. The molecule has 0 fully saturated rings. The van der Waals surface area contributed by atoms with Crippen molar-refractivity contribution in [2.45, 2.75) is 4.90 Å². The molecule has 1 aromatic heterocycles. The highest BCUT2D eigenvalue weighted by Gasteiger charge is 2.20. The van der Waals surface area contributed by atoms with Crippen LogP contribution in [-0.2, 0) is 17.1 Å². The number of rotatable bonds is 4. The number of aryl methyl sites for hydroxylation is 1. The van der Waals surface area contributed by atoms with Gasteiger partial charge in [0.15, 0.2) is 5.82 Å². The third-order valence-electron chi connectivity index (χ3n) is 2.74. The maximum absolute atomic E-state index is 12.2. The lowest BCUT2D eigenvalue weighted by molar-refractivity contribution is 0.0963. The molecule has 9 heteroatoms. The van der Waals surface area contributed by atoms with Gasteiger partial charge in [-0.1, -0.05) is 0 Å². The summed E-state index contributed by atoms with van der Waals surface area (Å²) in [5.41, 5.74) is 6.32. The minimum absolute atomic E-state index is 0.0769. The molecular weight excluding hydrogens is 294 g/mol. The second kappa shape index (κ2) is 5.44. The van der Waals surface area contributed by atoms with Crippen LogP contribution in [0.5, 0.6) is 0 Å². The summed E-state index contributed by atoms with van der Waals surface area (Å²) in [5, 5.41) is 6.27. The number of nitrogens with one attached hydrogen (secondary N) is 2. The van der Waals surface area contributed by atoms with Gasteiger partial charge in [0.2, 0.25) is 0 Å². The van der Waals surface area contributed by atoms with Crippen LogP contribution < -0.4 is 15.8 Å². The Morgan fingerprint density at radius 2 is 1.90 bits per heavy atom. The van der Waals surface area contributed by atoms with Crippen molar-refractivity contribution in [2.24, 2.45) is 7.05 Å². The number of benzene rings is 1. The van der Waals surface area contributed by atoms with Crippen LogP contribution >= 0.6 is 0 Å². The molecule has 0 bridgehead atoms.